The third-order valence-electron chi connectivity index (χ3n) is 4.13. The van der Waals surface area contributed by atoms with Crippen LogP contribution in [0.5, 0.6) is 0 Å². The number of hydrogen-bond donors (Lipinski definition) is 2. The minimum atomic E-state index is 0.285. The average Bonchev–Trinajstić information content (AvgIpc) is 2.55. The van der Waals surface area contributed by atoms with Crippen molar-refractivity contribution in [2.75, 3.05) is 25.4 Å². The van der Waals surface area contributed by atoms with E-state index in [1.54, 1.807) is 12.3 Å². The number of nitrogens with two attached hydrogens (primary N) is 1. The van der Waals surface area contributed by atoms with Gasteiger partial charge in [0.1, 0.15) is 5.82 Å². The molecule has 5 nitrogen and oxygen atoms in total. The number of benzene rings is 1. The van der Waals surface area contributed by atoms with E-state index in [0.717, 1.165) is 38.0 Å². The predicted octanol–water partition coefficient (Wildman–Crippen LogP) is 1.93. The molecule has 2 heterocycles. The highest BCUT2D eigenvalue weighted by Crippen LogP contribution is 2.21. The van der Waals surface area contributed by atoms with Gasteiger partial charge in [-0.3, -0.25) is 4.90 Å². The Morgan fingerprint density at radius 1 is 1.32 bits per heavy atom. The Morgan fingerprint density at radius 2 is 2.23 bits per heavy atom. The summed E-state index contributed by atoms with van der Waals surface area (Å²) in [5.41, 5.74) is 7.96. The normalized spacial score (nSPS) is 19.2. The SMILES string of the molecule is Nc1ccnc(-c2cccc(CN3CCCC(CO)C3)c2)n1. The largest absolute Gasteiger partial charge is 0.396 e. The summed E-state index contributed by atoms with van der Waals surface area (Å²) in [6.45, 7) is 3.24. The fourth-order valence-corrected chi connectivity index (χ4v) is 3.02. The number of aliphatic hydroxyl groups excluding tert-OH is 1. The van der Waals surface area contributed by atoms with E-state index in [1.807, 2.05) is 12.1 Å². The Labute approximate surface area is 130 Å². The molecule has 2 aromatic rings. The summed E-state index contributed by atoms with van der Waals surface area (Å²) in [6.07, 6.45) is 3.97. The topological polar surface area (TPSA) is 75.3 Å². The van der Waals surface area contributed by atoms with Gasteiger partial charge in [0, 0.05) is 31.5 Å². The molecule has 3 N–H and O–H groups in total. The van der Waals surface area contributed by atoms with Crippen molar-refractivity contribution < 1.29 is 5.11 Å². The molecule has 1 aromatic carbocycles. The molecule has 1 atom stereocenters. The lowest BCUT2D eigenvalue weighted by molar-refractivity contribution is 0.116. The number of likely N-dealkylation sites (tertiary alicyclic amines) is 1. The molecule has 0 radical (unpaired) electrons. The van der Waals surface area contributed by atoms with Crippen LogP contribution in [-0.2, 0) is 6.54 Å². The Hall–Kier alpha value is -1.98. The summed E-state index contributed by atoms with van der Waals surface area (Å²) in [6, 6.07) is 9.97. The van der Waals surface area contributed by atoms with E-state index in [1.165, 1.54) is 5.56 Å². The highest BCUT2D eigenvalue weighted by Gasteiger charge is 2.19. The monoisotopic (exact) mass is 298 g/mol. The van der Waals surface area contributed by atoms with Gasteiger partial charge in [-0.25, -0.2) is 9.97 Å². The summed E-state index contributed by atoms with van der Waals surface area (Å²) in [4.78, 5) is 11.0. The third kappa shape index (κ3) is 3.61. The minimum Gasteiger partial charge on any atom is -0.396 e. The van der Waals surface area contributed by atoms with Crippen LogP contribution in [-0.4, -0.2) is 39.7 Å². The number of aromatic nitrogens is 2. The number of piperidine rings is 1. The zero-order chi connectivity index (χ0) is 15.4. The quantitative estimate of drug-likeness (QED) is 0.902. The van der Waals surface area contributed by atoms with Crippen LogP contribution in [0.2, 0.25) is 0 Å². The van der Waals surface area contributed by atoms with Crippen molar-refractivity contribution in [1.82, 2.24) is 14.9 Å². The number of aliphatic hydroxyl groups is 1. The molecule has 1 aliphatic heterocycles. The van der Waals surface area contributed by atoms with E-state index < -0.39 is 0 Å². The maximum absolute atomic E-state index is 9.34. The molecule has 1 unspecified atom stereocenters. The first kappa shape index (κ1) is 14.9. The second-order valence-electron chi connectivity index (χ2n) is 5.93. The first-order valence-electron chi connectivity index (χ1n) is 7.75. The first-order valence-corrected chi connectivity index (χ1v) is 7.75. The highest BCUT2D eigenvalue weighted by atomic mass is 16.3. The van der Waals surface area contributed by atoms with Crippen molar-refractivity contribution in [3.8, 4) is 11.4 Å². The summed E-state index contributed by atoms with van der Waals surface area (Å²) >= 11 is 0. The van der Waals surface area contributed by atoms with Crippen LogP contribution in [0.3, 0.4) is 0 Å². The van der Waals surface area contributed by atoms with Crippen LogP contribution in [0.1, 0.15) is 18.4 Å². The summed E-state index contributed by atoms with van der Waals surface area (Å²) in [7, 11) is 0. The van der Waals surface area contributed by atoms with Gasteiger partial charge >= 0.3 is 0 Å². The standard InChI is InChI=1S/C17H22N4O/c18-16-6-7-19-17(20-16)15-5-1-3-13(9-15)10-21-8-2-4-14(11-21)12-22/h1,3,5-7,9,14,22H,2,4,8,10-12H2,(H2,18,19,20). The van der Waals surface area contributed by atoms with Crippen LogP contribution in [0.25, 0.3) is 11.4 Å². The van der Waals surface area contributed by atoms with E-state index in [4.69, 9.17) is 5.73 Å². The molecule has 1 aromatic heterocycles. The molecule has 0 bridgehead atoms. The molecule has 0 aliphatic carbocycles. The van der Waals surface area contributed by atoms with Crippen molar-refractivity contribution in [3.05, 3.63) is 42.1 Å². The molecule has 1 fully saturated rings. The average molecular weight is 298 g/mol. The van der Waals surface area contributed by atoms with E-state index in [9.17, 15) is 5.11 Å². The van der Waals surface area contributed by atoms with Gasteiger partial charge in [0.15, 0.2) is 5.82 Å². The molecular formula is C17H22N4O. The van der Waals surface area contributed by atoms with Crippen molar-refractivity contribution in [3.63, 3.8) is 0 Å². The second-order valence-corrected chi connectivity index (χ2v) is 5.93. The van der Waals surface area contributed by atoms with E-state index >= 15 is 0 Å². The van der Waals surface area contributed by atoms with Crippen molar-refractivity contribution in [1.29, 1.82) is 0 Å². The Kier molecular flexibility index (Phi) is 4.65. The van der Waals surface area contributed by atoms with Gasteiger partial charge in [0.2, 0.25) is 0 Å². The smallest absolute Gasteiger partial charge is 0.161 e. The minimum absolute atomic E-state index is 0.285. The number of nitrogens with zero attached hydrogens (tertiary/aromatic N) is 3. The Balaban J connectivity index is 1.74. The molecule has 1 aliphatic rings. The molecule has 1 saturated heterocycles. The van der Waals surface area contributed by atoms with Crippen molar-refractivity contribution in [2.24, 2.45) is 5.92 Å². The van der Waals surface area contributed by atoms with Crippen LogP contribution < -0.4 is 5.73 Å². The van der Waals surface area contributed by atoms with E-state index in [-0.39, 0.29) is 6.61 Å². The Bertz CT molecular complexity index is 632. The number of hydrogen-bond acceptors (Lipinski definition) is 5. The molecule has 0 spiro atoms. The lowest BCUT2D eigenvalue weighted by Gasteiger charge is -2.31. The zero-order valence-corrected chi connectivity index (χ0v) is 12.7. The maximum atomic E-state index is 9.34. The van der Waals surface area contributed by atoms with Gasteiger partial charge in [-0.05, 0) is 43.0 Å². The molecule has 116 valence electrons. The van der Waals surface area contributed by atoms with Crippen LogP contribution in [0.15, 0.2) is 36.5 Å². The fraction of sp³-hybridized carbons (Fsp3) is 0.412. The van der Waals surface area contributed by atoms with Crippen LogP contribution in [0, 0.1) is 5.92 Å². The second kappa shape index (κ2) is 6.85. The lowest BCUT2D eigenvalue weighted by Crippen LogP contribution is -2.36. The Morgan fingerprint density at radius 3 is 3.05 bits per heavy atom. The molecule has 5 heteroatoms. The highest BCUT2D eigenvalue weighted by molar-refractivity contribution is 5.57. The van der Waals surface area contributed by atoms with Gasteiger partial charge in [0.05, 0.1) is 0 Å². The van der Waals surface area contributed by atoms with E-state index in [2.05, 4.69) is 27.0 Å². The fourth-order valence-electron chi connectivity index (χ4n) is 3.02. The lowest BCUT2D eigenvalue weighted by atomic mass is 9.98. The van der Waals surface area contributed by atoms with Gasteiger partial charge in [0.25, 0.3) is 0 Å². The van der Waals surface area contributed by atoms with Gasteiger partial charge in [-0.15, -0.1) is 0 Å². The van der Waals surface area contributed by atoms with Gasteiger partial charge in [-0.1, -0.05) is 18.2 Å². The van der Waals surface area contributed by atoms with Gasteiger partial charge < -0.3 is 10.8 Å². The van der Waals surface area contributed by atoms with Crippen molar-refractivity contribution >= 4 is 5.82 Å². The molecule has 22 heavy (non-hydrogen) atoms. The maximum Gasteiger partial charge on any atom is 0.161 e. The summed E-state index contributed by atoms with van der Waals surface area (Å²) < 4.78 is 0. The van der Waals surface area contributed by atoms with Crippen LogP contribution >= 0.6 is 0 Å². The van der Waals surface area contributed by atoms with Gasteiger partial charge in [-0.2, -0.15) is 0 Å². The summed E-state index contributed by atoms with van der Waals surface area (Å²) in [5.74, 6) is 1.56. The summed E-state index contributed by atoms with van der Waals surface area (Å²) in [5, 5.41) is 9.34. The first-order chi connectivity index (χ1) is 10.7. The molecule has 0 amide bonds. The third-order valence-corrected chi connectivity index (χ3v) is 4.13. The zero-order valence-electron chi connectivity index (χ0n) is 12.7. The molecule has 0 saturated carbocycles. The molecular weight excluding hydrogens is 276 g/mol. The predicted molar refractivity (Wildman–Crippen MR) is 87.0 cm³/mol. The van der Waals surface area contributed by atoms with Crippen molar-refractivity contribution in [2.45, 2.75) is 19.4 Å². The number of rotatable bonds is 4. The van der Waals surface area contributed by atoms with E-state index in [0.29, 0.717) is 17.6 Å². The number of nitrogen functional groups attached to an aromatic ring is 1. The van der Waals surface area contributed by atoms with Crippen LogP contribution in [0.4, 0.5) is 5.82 Å². The number of anilines is 1. The molecule has 3 rings (SSSR count).